The van der Waals surface area contributed by atoms with Gasteiger partial charge in [0.25, 0.3) is 5.91 Å². The minimum absolute atomic E-state index is 0.153. The number of carbonyl (C=O) groups is 1. The van der Waals surface area contributed by atoms with Crippen LogP contribution in [0.15, 0.2) is 82.0 Å². The Bertz CT molecular complexity index is 1280. The molecule has 30 heavy (non-hydrogen) atoms. The third-order valence-electron chi connectivity index (χ3n) is 4.86. The minimum Gasteiger partial charge on any atom is -0.492 e. The molecular formula is C25H21NO4. The molecule has 1 heterocycles. The van der Waals surface area contributed by atoms with E-state index in [9.17, 15) is 9.59 Å². The molecule has 0 saturated carbocycles. The predicted octanol–water partition coefficient (Wildman–Crippen LogP) is 5.42. The van der Waals surface area contributed by atoms with Crippen LogP contribution in [0.25, 0.3) is 22.3 Å². The molecule has 3 aromatic carbocycles. The number of carbonyl (C=O) groups excluding carboxylic acids is 1. The second-order valence-electron chi connectivity index (χ2n) is 6.82. The Morgan fingerprint density at radius 2 is 1.70 bits per heavy atom. The summed E-state index contributed by atoms with van der Waals surface area (Å²) in [5.74, 6) is 0.665. The molecule has 0 saturated heterocycles. The molecule has 0 radical (unpaired) electrons. The fourth-order valence-corrected chi connectivity index (χ4v) is 3.39. The van der Waals surface area contributed by atoms with E-state index in [1.807, 2.05) is 49.4 Å². The number of benzene rings is 3. The Hall–Kier alpha value is -3.86. The maximum absolute atomic E-state index is 13.1. The molecule has 1 aromatic heterocycles. The van der Waals surface area contributed by atoms with Crippen LogP contribution in [0.2, 0.25) is 0 Å². The Morgan fingerprint density at radius 1 is 0.967 bits per heavy atom. The molecule has 0 fully saturated rings. The lowest BCUT2D eigenvalue weighted by atomic mass is 10.0. The molecule has 5 nitrogen and oxygen atoms in total. The van der Waals surface area contributed by atoms with Gasteiger partial charge in [-0.25, -0.2) is 0 Å². The number of ether oxygens (including phenoxy) is 1. The molecule has 0 bridgehead atoms. The Balaban J connectivity index is 1.83. The first-order valence-electron chi connectivity index (χ1n) is 9.75. The van der Waals surface area contributed by atoms with E-state index in [1.54, 1.807) is 37.3 Å². The molecule has 4 aromatic rings. The number of hydrogen-bond donors (Lipinski definition) is 1. The van der Waals surface area contributed by atoms with Gasteiger partial charge < -0.3 is 14.5 Å². The van der Waals surface area contributed by atoms with Gasteiger partial charge in [-0.3, -0.25) is 9.59 Å². The minimum atomic E-state index is -0.376. The number of para-hydroxylation sites is 3. The second-order valence-corrected chi connectivity index (χ2v) is 6.82. The summed E-state index contributed by atoms with van der Waals surface area (Å²) in [6.07, 6.45) is 0. The summed E-state index contributed by atoms with van der Waals surface area (Å²) in [6, 6.07) is 21.6. The van der Waals surface area contributed by atoms with Gasteiger partial charge in [0.2, 0.25) is 0 Å². The summed E-state index contributed by atoms with van der Waals surface area (Å²) in [6.45, 7) is 4.10. The topological polar surface area (TPSA) is 68.5 Å². The summed E-state index contributed by atoms with van der Waals surface area (Å²) in [7, 11) is 0. The molecule has 1 N–H and O–H groups in total. The number of hydrogen-bond acceptors (Lipinski definition) is 4. The van der Waals surface area contributed by atoms with Crippen LogP contribution in [0.5, 0.6) is 5.75 Å². The molecule has 0 atom stereocenters. The van der Waals surface area contributed by atoms with E-state index < -0.39 is 0 Å². The van der Waals surface area contributed by atoms with Crippen molar-refractivity contribution in [2.24, 2.45) is 0 Å². The van der Waals surface area contributed by atoms with Crippen LogP contribution in [0, 0.1) is 6.92 Å². The van der Waals surface area contributed by atoms with E-state index in [2.05, 4.69) is 5.32 Å². The molecule has 1 amide bonds. The number of fused-ring (bicyclic) bond motifs is 1. The average molecular weight is 399 g/mol. The molecule has 0 spiro atoms. The van der Waals surface area contributed by atoms with E-state index in [4.69, 9.17) is 9.15 Å². The predicted molar refractivity (Wildman–Crippen MR) is 118 cm³/mol. The van der Waals surface area contributed by atoms with Crippen LogP contribution in [-0.4, -0.2) is 12.5 Å². The fraction of sp³-hybridized carbons (Fsp3) is 0.120. The molecule has 0 aliphatic rings. The first kappa shape index (κ1) is 19.5. The van der Waals surface area contributed by atoms with Crippen LogP contribution < -0.4 is 15.5 Å². The van der Waals surface area contributed by atoms with E-state index in [0.717, 1.165) is 5.56 Å². The number of anilines is 1. The highest BCUT2D eigenvalue weighted by Crippen LogP contribution is 2.29. The molecule has 4 rings (SSSR count). The van der Waals surface area contributed by atoms with Gasteiger partial charge in [-0.15, -0.1) is 0 Å². The van der Waals surface area contributed by atoms with Gasteiger partial charge in [0.1, 0.15) is 11.5 Å². The summed E-state index contributed by atoms with van der Waals surface area (Å²) in [5.41, 5.74) is 2.24. The molecule has 0 unspecified atom stereocenters. The Labute approximate surface area is 173 Å². The summed E-state index contributed by atoms with van der Waals surface area (Å²) >= 11 is 0. The van der Waals surface area contributed by atoms with E-state index in [-0.39, 0.29) is 22.5 Å². The standard InChI is InChI=1S/C25H21NO4/c1-3-29-21-15-8-7-14-20(21)26-25(28)19-13-9-12-18-22(27)16(2)23(30-24(18)19)17-10-5-4-6-11-17/h4-15H,3H2,1-2H3,(H,26,28). The lowest BCUT2D eigenvalue weighted by Crippen LogP contribution is -2.15. The summed E-state index contributed by atoms with van der Waals surface area (Å²) < 4.78 is 11.7. The maximum atomic E-state index is 13.1. The van der Waals surface area contributed by atoms with Gasteiger partial charge in [0.05, 0.1) is 23.2 Å². The molecular weight excluding hydrogens is 378 g/mol. The normalized spacial score (nSPS) is 10.7. The second kappa shape index (κ2) is 8.25. The van der Waals surface area contributed by atoms with Crippen molar-refractivity contribution >= 4 is 22.6 Å². The van der Waals surface area contributed by atoms with Crippen LogP contribution in [0.4, 0.5) is 5.69 Å². The van der Waals surface area contributed by atoms with Crippen molar-refractivity contribution in [2.75, 3.05) is 11.9 Å². The molecule has 0 aliphatic carbocycles. The smallest absolute Gasteiger partial charge is 0.259 e. The largest absolute Gasteiger partial charge is 0.492 e. The van der Waals surface area contributed by atoms with E-state index in [0.29, 0.717) is 34.8 Å². The van der Waals surface area contributed by atoms with Gasteiger partial charge in [0.15, 0.2) is 11.0 Å². The van der Waals surface area contributed by atoms with Gasteiger partial charge in [0, 0.05) is 11.1 Å². The SMILES string of the molecule is CCOc1ccccc1NC(=O)c1cccc2c(=O)c(C)c(-c3ccccc3)oc12. The van der Waals surface area contributed by atoms with Crippen LogP contribution in [-0.2, 0) is 0 Å². The highest BCUT2D eigenvalue weighted by Gasteiger charge is 2.19. The number of amides is 1. The van der Waals surface area contributed by atoms with Gasteiger partial charge in [-0.2, -0.15) is 0 Å². The van der Waals surface area contributed by atoms with Crippen molar-refractivity contribution in [3.05, 3.63) is 94.1 Å². The number of nitrogens with one attached hydrogen (secondary N) is 1. The van der Waals surface area contributed by atoms with Crippen molar-refractivity contribution in [2.45, 2.75) is 13.8 Å². The lowest BCUT2D eigenvalue weighted by molar-refractivity contribution is 0.102. The lowest BCUT2D eigenvalue weighted by Gasteiger charge is -2.13. The molecule has 0 aliphatic heterocycles. The monoisotopic (exact) mass is 399 g/mol. The quantitative estimate of drug-likeness (QED) is 0.487. The molecule has 5 heteroatoms. The van der Waals surface area contributed by atoms with E-state index in [1.165, 1.54) is 0 Å². The van der Waals surface area contributed by atoms with Crippen molar-refractivity contribution in [1.82, 2.24) is 0 Å². The fourth-order valence-electron chi connectivity index (χ4n) is 3.39. The summed E-state index contributed by atoms with van der Waals surface area (Å²) in [5, 5.41) is 3.24. The number of rotatable bonds is 5. The first-order chi connectivity index (χ1) is 14.6. The highest BCUT2D eigenvalue weighted by molar-refractivity contribution is 6.12. The van der Waals surface area contributed by atoms with Crippen molar-refractivity contribution in [1.29, 1.82) is 0 Å². The van der Waals surface area contributed by atoms with Crippen molar-refractivity contribution < 1.29 is 13.9 Å². The zero-order valence-corrected chi connectivity index (χ0v) is 16.8. The van der Waals surface area contributed by atoms with Crippen LogP contribution in [0.1, 0.15) is 22.8 Å². The Kier molecular flexibility index (Phi) is 5.35. The zero-order valence-electron chi connectivity index (χ0n) is 16.8. The first-order valence-corrected chi connectivity index (χ1v) is 9.75. The highest BCUT2D eigenvalue weighted by atomic mass is 16.5. The Morgan fingerprint density at radius 3 is 2.47 bits per heavy atom. The van der Waals surface area contributed by atoms with E-state index >= 15 is 0 Å². The maximum Gasteiger partial charge on any atom is 0.259 e. The van der Waals surface area contributed by atoms with Crippen LogP contribution in [0.3, 0.4) is 0 Å². The van der Waals surface area contributed by atoms with Gasteiger partial charge in [-0.05, 0) is 38.1 Å². The summed E-state index contributed by atoms with van der Waals surface area (Å²) in [4.78, 5) is 26.1. The van der Waals surface area contributed by atoms with Crippen LogP contribution >= 0.6 is 0 Å². The third kappa shape index (κ3) is 3.57. The molecule has 150 valence electrons. The van der Waals surface area contributed by atoms with Gasteiger partial charge >= 0.3 is 0 Å². The third-order valence-corrected chi connectivity index (χ3v) is 4.86. The van der Waals surface area contributed by atoms with Crippen molar-refractivity contribution in [3.8, 4) is 17.1 Å². The zero-order chi connectivity index (χ0) is 21.1. The van der Waals surface area contributed by atoms with Gasteiger partial charge in [-0.1, -0.05) is 48.5 Å². The average Bonchev–Trinajstić information content (AvgIpc) is 2.78. The van der Waals surface area contributed by atoms with Crippen molar-refractivity contribution in [3.63, 3.8) is 0 Å².